The van der Waals surface area contributed by atoms with Crippen molar-refractivity contribution in [2.45, 2.75) is 39.3 Å². The van der Waals surface area contributed by atoms with E-state index in [1.54, 1.807) is 10.6 Å². The topological polar surface area (TPSA) is 101 Å². The van der Waals surface area contributed by atoms with Gasteiger partial charge in [-0.3, -0.25) is 9.36 Å². The van der Waals surface area contributed by atoms with Crippen molar-refractivity contribution in [3.63, 3.8) is 0 Å². The van der Waals surface area contributed by atoms with Crippen molar-refractivity contribution in [1.82, 2.24) is 18.7 Å². The normalized spacial score (nSPS) is 11.4. The average molecular weight is 513 g/mol. The van der Waals surface area contributed by atoms with Gasteiger partial charge >= 0.3 is 11.7 Å². The van der Waals surface area contributed by atoms with Crippen LogP contribution in [-0.2, 0) is 24.2 Å². The van der Waals surface area contributed by atoms with Gasteiger partial charge in [0.05, 0.1) is 25.7 Å². The quantitative estimate of drug-likeness (QED) is 0.290. The number of nitrogens with zero attached hydrogens (tertiary/aromatic N) is 4. The van der Waals surface area contributed by atoms with E-state index in [4.69, 9.17) is 9.15 Å². The van der Waals surface area contributed by atoms with Crippen LogP contribution in [0.15, 0.2) is 87.1 Å². The number of hydrogen-bond donors (Lipinski definition) is 0. The number of carbonyl (C=O) groups is 1. The van der Waals surface area contributed by atoms with Gasteiger partial charge in [0.25, 0.3) is 5.56 Å². The van der Waals surface area contributed by atoms with Crippen LogP contribution in [0.5, 0.6) is 0 Å². The second-order valence-corrected chi connectivity index (χ2v) is 9.36. The molecule has 5 rings (SSSR count). The molecule has 2 aromatic carbocycles. The molecule has 0 amide bonds. The van der Waals surface area contributed by atoms with Crippen LogP contribution in [0, 0.1) is 0 Å². The predicted molar refractivity (Wildman–Crippen MR) is 143 cm³/mol. The highest BCUT2D eigenvalue weighted by molar-refractivity contribution is 5.86. The molecule has 0 spiro atoms. The van der Waals surface area contributed by atoms with Crippen molar-refractivity contribution in [3.05, 3.63) is 117 Å². The van der Waals surface area contributed by atoms with E-state index < -0.39 is 17.2 Å². The summed E-state index contributed by atoms with van der Waals surface area (Å²) in [7, 11) is 1.28. The van der Waals surface area contributed by atoms with Crippen molar-refractivity contribution >= 4 is 17.1 Å². The van der Waals surface area contributed by atoms with Crippen molar-refractivity contribution < 1.29 is 13.9 Å². The van der Waals surface area contributed by atoms with E-state index in [1.807, 2.05) is 54.6 Å². The number of furan rings is 1. The number of benzene rings is 2. The zero-order chi connectivity index (χ0) is 26.8. The Kier molecular flexibility index (Phi) is 6.83. The second kappa shape index (κ2) is 10.4. The third kappa shape index (κ3) is 4.70. The lowest BCUT2D eigenvalue weighted by atomic mass is 10.0. The molecule has 0 saturated carbocycles. The molecule has 0 bridgehead atoms. The van der Waals surface area contributed by atoms with Crippen molar-refractivity contribution in [3.8, 4) is 5.69 Å². The SMILES string of the molecule is COC(=O)c1ccc(Cn2cnc3c2c(=O)n(CCc2ccccc2)c(=O)n3-c2ccc(C(C)C)cc2)o1. The van der Waals surface area contributed by atoms with Crippen LogP contribution >= 0.6 is 0 Å². The smallest absolute Gasteiger partial charge is 0.373 e. The van der Waals surface area contributed by atoms with Crippen LogP contribution in [0.25, 0.3) is 16.9 Å². The minimum absolute atomic E-state index is 0.0642. The van der Waals surface area contributed by atoms with Crippen molar-refractivity contribution in [1.29, 1.82) is 0 Å². The molecular formula is C29H28N4O5. The Labute approximate surface area is 218 Å². The first kappa shape index (κ1) is 25.0. The third-order valence-electron chi connectivity index (χ3n) is 6.56. The van der Waals surface area contributed by atoms with E-state index in [9.17, 15) is 14.4 Å². The minimum atomic E-state index is -0.589. The maximum Gasteiger partial charge on any atom is 0.373 e. The van der Waals surface area contributed by atoms with Gasteiger partial charge in [0.15, 0.2) is 11.2 Å². The lowest BCUT2D eigenvalue weighted by molar-refractivity contribution is 0.0563. The monoisotopic (exact) mass is 512 g/mol. The number of methoxy groups -OCH3 is 1. The van der Waals surface area contributed by atoms with Crippen LogP contribution in [-0.4, -0.2) is 31.8 Å². The number of aromatic nitrogens is 4. The molecule has 0 radical (unpaired) electrons. The van der Waals surface area contributed by atoms with Gasteiger partial charge in [-0.05, 0) is 47.7 Å². The van der Waals surface area contributed by atoms with E-state index >= 15 is 0 Å². The first-order valence-corrected chi connectivity index (χ1v) is 12.4. The van der Waals surface area contributed by atoms with Gasteiger partial charge in [-0.25, -0.2) is 19.1 Å². The number of imidazole rings is 1. The third-order valence-corrected chi connectivity index (χ3v) is 6.56. The summed E-state index contributed by atoms with van der Waals surface area (Å²) in [5.74, 6) is 0.255. The van der Waals surface area contributed by atoms with E-state index in [0.29, 0.717) is 23.8 Å². The zero-order valence-corrected chi connectivity index (χ0v) is 21.5. The fourth-order valence-corrected chi connectivity index (χ4v) is 4.46. The molecule has 0 N–H and O–H groups in total. The highest BCUT2D eigenvalue weighted by atomic mass is 16.5. The van der Waals surface area contributed by atoms with Crippen molar-refractivity contribution in [2.75, 3.05) is 7.11 Å². The summed E-state index contributed by atoms with van der Waals surface area (Å²) >= 11 is 0. The number of hydrogen-bond acceptors (Lipinski definition) is 6. The van der Waals surface area contributed by atoms with E-state index in [-0.39, 0.29) is 30.0 Å². The van der Waals surface area contributed by atoms with E-state index in [2.05, 4.69) is 18.8 Å². The summed E-state index contributed by atoms with van der Waals surface area (Å²) in [6, 6.07) is 20.6. The lowest BCUT2D eigenvalue weighted by Gasteiger charge is -2.14. The number of ether oxygens (including phenoxy) is 1. The first-order chi connectivity index (χ1) is 18.4. The van der Waals surface area contributed by atoms with Crippen LogP contribution in [0.2, 0.25) is 0 Å². The Morgan fingerprint density at radius 1 is 1.00 bits per heavy atom. The summed E-state index contributed by atoms with van der Waals surface area (Å²) in [4.78, 5) is 43.7. The highest BCUT2D eigenvalue weighted by Crippen LogP contribution is 2.19. The summed E-state index contributed by atoms with van der Waals surface area (Å²) in [6.07, 6.45) is 2.02. The van der Waals surface area contributed by atoms with Gasteiger partial charge in [-0.2, -0.15) is 0 Å². The molecule has 194 valence electrons. The molecule has 9 heteroatoms. The largest absolute Gasteiger partial charge is 0.463 e. The fourth-order valence-electron chi connectivity index (χ4n) is 4.46. The molecule has 0 unspecified atom stereocenters. The number of fused-ring (bicyclic) bond motifs is 1. The van der Waals surface area contributed by atoms with E-state index in [1.165, 1.54) is 28.6 Å². The van der Waals surface area contributed by atoms with Gasteiger partial charge in [0, 0.05) is 6.54 Å². The lowest BCUT2D eigenvalue weighted by Crippen LogP contribution is -2.40. The molecule has 0 atom stereocenters. The Balaban J connectivity index is 1.64. The molecule has 0 aliphatic carbocycles. The average Bonchev–Trinajstić information content (AvgIpc) is 3.57. The zero-order valence-electron chi connectivity index (χ0n) is 21.5. The van der Waals surface area contributed by atoms with Crippen LogP contribution in [0.1, 0.15) is 47.2 Å². The highest BCUT2D eigenvalue weighted by Gasteiger charge is 2.20. The Hall–Kier alpha value is -4.66. The molecule has 3 aromatic heterocycles. The number of carbonyl (C=O) groups excluding carboxylic acids is 1. The summed E-state index contributed by atoms with van der Waals surface area (Å²) in [5, 5.41) is 0. The number of esters is 1. The molecule has 0 fully saturated rings. The maximum absolute atomic E-state index is 13.7. The predicted octanol–water partition coefficient (Wildman–Crippen LogP) is 4.14. The molecule has 0 aliphatic heterocycles. The van der Waals surface area contributed by atoms with Gasteiger partial charge in [0.1, 0.15) is 5.76 Å². The van der Waals surface area contributed by atoms with E-state index in [0.717, 1.165) is 11.1 Å². The molecular weight excluding hydrogens is 484 g/mol. The van der Waals surface area contributed by atoms with Crippen molar-refractivity contribution in [2.24, 2.45) is 0 Å². The molecule has 0 saturated heterocycles. The van der Waals surface area contributed by atoms with Gasteiger partial charge in [0.2, 0.25) is 5.76 Å². The minimum Gasteiger partial charge on any atom is -0.463 e. The standard InChI is InChI=1S/C29H28N4O5/c1-19(2)21-9-11-22(12-10-21)33-26-25(27(34)32(29(33)36)16-15-20-7-5-4-6-8-20)31(18-30-26)17-23-13-14-24(38-23)28(35)37-3/h4-14,18-19H,15-17H2,1-3H3. The Bertz CT molecular complexity index is 1710. The summed E-state index contributed by atoms with van der Waals surface area (Å²) in [5.41, 5.74) is 2.41. The molecule has 38 heavy (non-hydrogen) atoms. The molecule has 0 aliphatic rings. The number of rotatable bonds is 8. The maximum atomic E-state index is 13.7. The first-order valence-electron chi connectivity index (χ1n) is 12.4. The number of aryl methyl sites for hydroxylation is 1. The summed E-state index contributed by atoms with van der Waals surface area (Å²) < 4.78 is 14.7. The van der Waals surface area contributed by atoms with Crippen LogP contribution < -0.4 is 11.2 Å². The molecule has 9 nitrogen and oxygen atoms in total. The molecule has 3 heterocycles. The second-order valence-electron chi connectivity index (χ2n) is 9.36. The fraction of sp³-hybridized carbons (Fsp3) is 0.241. The summed E-state index contributed by atoms with van der Waals surface area (Å²) in [6.45, 7) is 4.56. The van der Waals surface area contributed by atoms with Gasteiger partial charge < -0.3 is 13.7 Å². The van der Waals surface area contributed by atoms with Gasteiger partial charge in [-0.15, -0.1) is 0 Å². The Morgan fingerprint density at radius 2 is 1.74 bits per heavy atom. The Morgan fingerprint density at radius 3 is 2.42 bits per heavy atom. The van der Waals surface area contributed by atoms with Gasteiger partial charge in [-0.1, -0.05) is 56.3 Å². The van der Waals surface area contributed by atoms with Crippen LogP contribution in [0.4, 0.5) is 0 Å². The molecule has 5 aromatic rings. The van der Waals surface area contributed by atoms with Crippen LogP contribution in [0.3, 0.4) is 0 Å².